The lowest BCUT2D eigenvalue weighted by Crippen LogP contribution is -2.18. The highest BCUT2D eigenvalue weighted by Crippen LogP contribution is 2.08. The number of hydrogen-bond acceptors (Lipinski definition) is 3. The minimum absolute atomic E-state index is 0.519. The highest BCUT2D eigenvalue weighted by atomic mass is 16.5. The van der Waals surface area contributed by atoms with Crippen molar-refractivity contribution in [3.05, 3.63) is 59.5 Å². The van der Waals surface area contributed by atoms with Gasteiger partial charge >= 0.3 is 0 Å². The normalized spacial score (nSPS) is 11.2. The minimum atomic E-state index is 0.519. The van der Waals surface area contributed by atoms with Crippen LogP contribution < -0.4 is 5.32 Å². The van der Waals surface area contributed by atoms with E-state index in [0.717, 1.165) is 18.8 Å². The minimum Gasteiger partial charge on any atom is -0.467 e. The molecule has 0 aliphatic carbocycles. The van der Waals surface area contributed by atoms with Gasteiger partial charge in [-0.1, -0.05) is 38.1 Å². The first kappa shape index (κ1) is 14.8. The fraction of sp³-hybridized carbons (Fsp3) is 0.412. The standard InChI is InChI=1S/C17H23NO2/c1-14(2)10-18-11-15-5-7-16(8-6-15)12-19-13-17-4-3-9-20-17/h3-9,14,18H,10-13H2,1-2H3. The van der Waals surface area contributed by atoms with Gasteiger partial charge in [-0.3, -0.25) is 0 Å². The fourth-order valence-electron chi connectivity index (χ4n) is 1.92. The molecule has 2 rings (SSSR count). The third-order valence-electron chi connectivity index (χ3n) is 3.00. The average Bonchev–Trinajstić information content (AvgIpc) is 2.93. The molecule has 0 radical (unpaired) electrons. The monoisotopic (exact) mass is 273 g/mol. The van der Waals surface area contributed by atoms with Crippen LogP contribution in [0.3, 0.4) is 0 Å². The molecule has 108 valence electrons. The quantitative estimate of drug-likeness (QED) is 0.795. The van der Waals surface area contributed by atoms with E-state index in [1.54, 1.807) is 6.26 Å². The molecule has 20 heavy (non-hydrogen) atoms. The van der Waals surface area contributed by atoms with Crippen LogP contribution >= 0.6 is 0 Å². The summed E-state index contributed by atoms with van der Waals surface area (Å²) in [5.74, 6) is 1.55. The Morgan fingerprint density at radius 1 is 1.05 bits per heavy atom. The summed E-state index contributed by atoms with van der Waals surface area (Å²) in [6.45, 7) is 7.53. The lowest BCUT2D eigenvalue weighted by atomic mass is 10.1. The van der Waals surface area contributed by atoms with Crippen molar-refractivity contribution in [2.75, 3.05) is 6.54 Å². The number of ether oxygens (including phenoxy) is 1. The van der Waals surface area contributed by atoms with Crippen LogP contribution in [0.5, 0.6) is 0 Å². The van der Waals surface area contributed by atoms with Gasteiger partial charge in [0.2, 0.25) is 0 Å². The van der Waals surface area contributed by atoms with Crippen LogP contribution in [0.4, 0.5) is 0 Å². The topological polar surface area (TPSA) is 34.4 Å². The molecule has 0 bridgehead atoms. The molecule has 1 heterocycles. The maximum absolute atomic E-state index is 5.61. The Morgan fingerprint density at radius 2 is 1.80 bits per heavy atom. The lowest BCUT2D eigenvalue weighted by Gasteiger charge is -2.08. The largest absolute Gasteiger partial charge is 0.467 e. The van der Waals surface area contributed by atoms with Gasteiger partial charge in [-0.25, -0.2) is 0 Å². The molecule has 0 saturated heterocycles. The number of benzene rings is 1. The van der Waals surface area contributed by atoms with Gasteiger partial charge in [-0.2, -0.15) is 0 Å². The second kappa shape index (κ2) is 7.88. The molecule has 1 N–H and O–H groups in total. The Morgan fingerprint density at radius 3 is 2.45 bits per heavy atom. The molecule has 0 amide bonds. The Kier molecular flexibility index (Phi) is 5.84. The average molecular weight is 273 g/mol. The Bertz CT molecular complexity index is 474. The third kappa shape index (κ3) is 5.19. The summed E-state index contributed by atoms with van der Waals surface area (Å²) in [7, 11) is 0. The van der Waals surface area contributed by atoms with Crippen molar-refractivity contribution in [2.24, 2.45) is 5.92 Å². The van der Waals surface area contributed by atoms with Crippen molar-refractivity contribution in [1.29, 1.82) is 0 Å². The van der Waals surface area contributed by atoms with Gasteiger partial charge in [0.25, 0.3) is 0 Å². The number of nitrogens with one attached hydrogen (secondary N) is 1. The summed E-state index contributed by atoms with van der Waals surface area (Å²) in [6.07, 6.45) is 1.66. The van der Waals surface area contributed by atoms with Crippen molar-refractivity contribution in [3.8, 4) is 0 Å². The van der Waals surface area contributed by atoms with E-state index in [9.17, 15) is 0 Å². The molecular weight excluding hydrogens is 250 g/mol. The van der Waals surface area contributed by atoms with E-state index in [1.807, 2.05) is 12.1 Å². The molecule has 0 unspecified atom stereocenters. The molecule has 0 fully saturated rings. The molecule has 1 aromatic heterocycles. The smallest absolute Gasteiger partial charge is 0.129 e. The van der Waals surface area contributed by atoms with Crippen LogP contribution in [0.1, 0.15) is 30.7 Å². The number of hydrogen-bond donors (Lipinski definition) is 1. The maximum atomic E-state index is 5.61. The molecule has 0 aliphatic heterocycles. The van der Waals surface area contributed by atoms with Crippen molar-refractivity contribution in [2.45, 2.75) is 33.6 Å². The third-order valence-corrected chi connectivity index (χ3v) is 3.00. The van der Waals surface area contributed by atoms with E-state index in [2.05, 4.69) is 43.4 Å². The van der Waals surface area contributed by atoms with Crippen LogP contribution in [0.15, 0.2) is 47.1 Å². The number of rotatable bonds is 8. The SMILES string of the molecule is CC(C)CNCc1ccc(COCc2ccco2)cc1. The van der Waals surface area contributed by atoms with Gasteiger partial charge < -0.3 is 14.5 Å². The van der Waals surface area contributed by atoms with E-state index in [0.29, 0.717) is 19.1 Å². The van der Waals surface area contributed by atoms with E-state index < -0.39 is 0 Å². The molecule has 0 saturated carbocycles. The van der Waals surface area contributed by atoms with Gasteiger partial charge in [0.1, 0.15) is 12.4 Å². The van der Waals surface area contributed by atoms with Crippen molar-refractivity contribution < 1.29 is 9.15 Å². The lowest BCUT2D eigenvalue weighted by molar-refractivity contribution is 0.0929. The molecule has 0 spiro atoms. The molecule has 3 nitrogen and oxygen atoms in total. The predicted octanol–water partition coefficient (Wildman–Crippen LogP) is 3.74. The summed E-state index contributed by atoms with van der Waals surface area (Å²) in [5, 5.41) is 3.44. The van der Waals surface area contributed by atoms with Crippen LogP contribution in [0, 0.1) is 5.92 Å². The van der Waals surface area contributed by atoms with Crippen molar-refractivity contribution in [1.82, 2.24) is 5.32 Å². The highest BCUT2D eigenvalue weighted by Gasteiger charge is 1.99. The maximum Gasteiger partial charge on any atom is 0.129 e. The second-order valence-corrected chi connectivity index (χ2v) is 5.41. The summed E-state index contributed by atoms with van der Waals surface area (Å²) in [5.41, 5.74) is 2.49. The second-order valence-electron chi connectivity index (χ2n) is 5.41. The van der Waals surface area contributed by atoms with E-state index in [1.165, 1.54) is 11.1 Å². The van der Waals surface area contributed by atoms with Crippen molar-refractivity contribution >= 4 is 0 Å². The molecule has 2 aromatic rings. The van der Waals surface area contributed by atoms with Crippen LogP contribution in [0.2, 0.25) is 0 Å². The Hall–Kier alpha value is -1.58. The van der Waals surface area contributed by atoms with Gasteiger partial charge in [0, 0.05) is 6.54 Å². The summed E-state index contributed by atoms with van der Waals surface area (Å²) >= 11 is 0. The van der Waals surface area contributed by atoms with Gasteiger partial charge in [-0.05, 0) is 35.7 Å². The Balaban J connectivity index is 1.71. The zero-order chi connectivity index (χ0) is 14.2. The van der Waals surface area contributed by atoms with E-state index in [4.69, 9.17) is 9.15 Å². The van der Waals surface area contributed by atoms with E-state index >= 15 is 0 Å². The van der Waals surface area contributed by atoms with Gasteiger partial charge in [-0.15, -0.1) is 0 Å². The first-order chi connectivity index (χ1) is 9.74. The molecule has 3 heteroatoms. The van der Waals surface area contributed by atoms with Crippen LogP contribution in [-0.4, -0.2) is 6.54 Å². The zero-order valence-electron chi connectivity index (χ0n) is 12.3. The predicted molar refractivity (Wildman–Crippen MR) is 80.2 cm³/mol. The van der Waals surface area contributed by atoms with Crippen LogP contribution in [0.25, 0.3) is 0 Å². The first-order valence-electron chi connectivity index (χ1n) is 7.12. The first-order valence-corrected chi connectivity index (χ1v) is 7.12. The summed E-state index contributed by atoms with van der Waals surface area (Å²) < 4.78 is 10.8. The molecule has 0 aliphatic rings. The van der Waals surface area contributed by atoms with Crippen molar-refractivity contribution in [3.63, 3.8) is 0 Å². The molecule has 1 aromatic carbocycles. The fourth-order valence-corrected chi connectivity index (χ4v) is 1.92. The van der Waals surface area contributed by atoms with Gasteiger partial charge in [0.05, 0.1) is 12.9 Å². The highest BCUT2D eigenvalue weighted by molar-refractivity contribution is 5.21. The number of furan rings is 1. The molecular formula is C17H23NO2. The van der Waals surface area contributed by atoms with Crippen LogP contribution in [-0.2, 0) is 24.5 Å². The zero-order valence-corrected chi connectivity index (χ0v) is 12.3. The molecule has 0 atom stereocenters. The van der Waals surface area contributed by atoms with E-state index in [-0.39, 0.29) is 0 Å². The van der Waals surface area contributed by atoms with Gasteiger partial charge in [0.15, 0.2) is 0 Å². The Labute approximate surface area is 121 Å². The summed E-state index contributed by atoms with van der Waals surface area (Å²) in [6, 6.07) is 12.3. The summed E-state index contributed by atoms with van der Waals surface area (Å²) in [4.78, 5) is 0.